The molecule has 1 N–H and O–H groups in total. The second-order valence-corrected chi connectivity index (χ2v) is 8.45. The van der Waals surface area contributed by atoms with Gasteiger partial charge in [-0.1, -0.05) is 19.3 Å². The summed E-state index contributed by atoms with van der Waals surface area (Å²) >= 11 is 0. The highest BCUT2D eigenvalue weighted by molar-refractivity contribution is 7.89. The number of amides is 1. The Morgan fingerprint density at radius 1 is 1.13 bits per heavy atom. The minimum Gasteiger partial charge on any atom is -0.349 e. The zero-order valence-electron chi connectivity index (χ0n) is 14.1. The average molecular weight is 338 g/mol. The average Bonchev–Trinajstić information content (AvgIpc) is 2.55. The van der Waals surface area contributed by atoms with Crippen LogP contribution >= 0.6 is 0 Å². The summed E-state index contributed by atoms with van der Waals surface area (Å²) in [5.74, 6) is -0.127. The van der Waals surface area contributed by atoms with E-state index in [0.717, 1.165) is 25.7 Å². The van der Waals surface area contributed by atoms with E-state index in [4.69, 9.17) is 0 Å². The molecule has 1 saturated carbocycles. The molecular formula is C17H26N2O3S. The van der Waals surface area contributed by atoms with E-state index in [0.29, 0.717) is 5.56 Å². The molecule has 0 radical (unpaired) electrons. The number of carbonyl (C=O) groups excluding carboxylic acids is 1. The largest absolute Gasteiger partial charge is 0.349 e. The summed E-state index contributed by atoms with van der Waals surface area (Å²) in [6.45, 7) is 3.65. The van der Waals surface area contributed by atoms with Gasteiger partial charge in [-0.3, -0.25) is 4.79 Å². The normalized spacial score (nSPS) is 16.7. The van der Waals surface area contributed by atoms with E-state index in [1.165, 1.54) is 22.9 Å². The minimum absolute atomic E-state index is 0.116. The molecule has 0 aliphatic heterocycles. The maximum absolute atomic E-state index is 12.4. The highest BCUT2D eigenvalue weighted by Gasteiger charge is 2.23. The van der Waals surface area contributed by atoms with E-state index in [1.54, 1.807) is 19.2 Å². The van der Waals surface area contributed by atoms with Crippen molar-refractivity contribution in [3.05, 3.63) is 29.8 Å². The first-order valence-corrected chi connectivity index (χ1v) is 9.65. The molecule has 5 nitrogen and oxygen atoms in total. The number of sulfonamides is 1. The van der Waals surface area contributed by atoms with Crippen molar-refractivity contribution in [2.75, 3.05) is 7.05 Å². The van der Waals surface area contributed by atoms with Gasteiger partial charge in [0, 0.05) is 24.7 Å². The first kappa shape index (κ1) is 17.9. The van der Waals surface area contributed by atoms with Gasteiger partial charge in [-0.2, -0.15) is 4.31 Å². The molecule has 1 amide bonds. The molecule has 1 aromatic carbocycles. The van der Waals surface area contributed by atoms with Crippen LogP contribution in [-0.2, 0) is 10.0 Å². The number of nitrogens with zero attached hydrogens (tertiary/aromatic N) is 1. The van der Waals surface area contributed by atoms with Crippen LogP contribution in [0, 0.1) is 0 Å². The second-order valence-electron chi connectivity index (χ2n) is 6.45. The number of hydrogen-bond donors (Lipinski definition) is 1. The fraction of sp³-hybridized carbons (Fsp3) is 0.588. The SMILES string of the molecule is CC(C)N(C)S(=O)(=O)c1ccc(C(=O)NC2CCCCC2)cc1. The van der Waals surface area contributed by atoms with Gasteiger partial charge in [-0.05, 0) is 51.0 Å². The zero-order chi connectivity index (χ0) is 17.0. The van der Waals surface area contributed by atoms with Gasteiger partial charge >= 0.3 is 0 Å². The third kappa shape index (κ3) is 4.32. The molecule has 1 aliphatic carbocycles. The lowest BCUT2D eigenvalue weighted by Gasteiger charge is -2.23. The highest BCUT2D eigenvalue weighted by Crippen LogP contribution is 2.19. The fourth-order valence-corrected chi connectivity index (χ4v) is 4.11. The summed E-state index contributed by atoms with van der Waals surface area (Å²) in [7, 11) is -1.95. The summed E-state index contributed by atoms with van der Waals surface area (Å²) in [6.07, 6.45) is 5.60. The van der Waals surface area contributed by atoms with Crippen LogP contribution in [0.2, 0.25) is 0 Å². The molecule has 23 heavy (non-hydrogen) atoms. The van der Waals surface area contributed by atoms with Gasteiger partial charge in [0.05, 0.1) is 4.90 Å². The molecule has 0 spiro atoms. The molecule has 0 unspecified atom stereocenters. The Kier molecular flexibility index (Phi) is 5.81. The topological polar surface area (TPSA) is 66.5 Å². The Hall–Kier alpha value is -1.40. The number of carbonyl (C=O) groups is 1. The maximum atomic E-state index is 12.4. The van der Waals surface area contributed by atoms with Crippen LogP contribution in [0.15, 0.2) is 29.2 Å². The molecular weight excluding hydrogens is 312 g/mol. The predicted molar refractivity (Wildman–Crippen MR) is 90.9 cm³/mol. The van der Waals surface area contributed by atoms with E-state index >= 15 is 0 Å². The smallest absolute Gasteiger partial charge is 0.251 e. The van der Waals surface area contributed by atoms with Gasteiger partial charge in [0.2, 0.25) is 10.0 Å². The van der Waals surface area contributed by atoms with Crippen molar-refractivity contribution < 1.29 is 13.2 Å². The highest BCUT2D eigenvalue weighted by atomic mass is 32.2. The molecule has 0 aromatic heterocycles. The van der Waals surface area contributed by atoms with Crippen molar-refractivity contribution >= 4 is 15.9 Å². The van der Waals surface area contributed by atoms with Crippen LogP contribution in [0.4, 0.5) is 0 Å². The van der Waals surface area contributed by atoms with Crippen LogP contribution in [0.3, 0.4) is 0 Å². The number of rotatable bonds is 5. The zero-order valence-corrected chi connectivity index (χ0v) is 14.9. The monoisotopic (exact) mass is 338 g/mol. The van der Waals surface area contributed by atoms with Crippen LogP contribution < -0.4 is 5.32 Å². The second kappa shape index (κ2) is 7.45. The van der Waals surface area contributed by atoms with Crippen molar-refractivity contribution in [3.63, 3.8) is 0 Å². The van der Waals surface area contributed by atoms with E-state index in [2.05, 4.69) is 5.32 Å². The third-order valence-electron chi connectivity index (χ3n) is 4.46. The summed E-state index contributed by atoms with van der Waals surface area (Å²) in [5, 5.41) is 3.04. The van der Waals surface area contributed by atoms with E-state index in [1.807, 2.05) is 13.8 Å². The molecule has 0 heterocycles. The number of nitrogens with one attached hydrogen (secondary N) is 1. The van der Waals surface area contributed by atoms with Crippen LogP contribution in [-0.4, -0.2) is 37.8 Å². The van der Waals surface area contributed by atoms with Crippen molar-refractivity contribution in [1.82, 2.24) is 9.62 Å². The van der Waals surface area contributed by atoms with Crippen molar-refractivity contribution in [1.29, 1.82) is 0 Å². The fourth-order valence-electron chi connectivity index (χ4n) is 2.74. The molecule has 0 bridgehead atoms. The van der Waals surface area contributed by atoms with Gasteiger partial charge in [-0.25, -0.2) is 8.42 Å². The Balaban J connectivity index is 2.08. The molecule has 1 aliphatic rings. The Morgan fingerprint density at radius 2 is 1.70 bits per heavy atom. The Morgan fingerprint density at radius 3 is 2.22 bits per heavy atom. The van der Waals surface area contributed by atoms with E-state index < -0.39 is 10.0 Å². The molecule has 128 valence electrons. The third-order valence-corrected chi connectivity index (χ3v) is 6.51. The molecule has 1 fully saturated rings. The van der Waals surface area contributed by atoms with Gasteiger partial charge in [0.1, 0.15) is 0 Å². The molecule has 0 atom stereocenters. The Bertz CT molecular complexity index is 632. The van der Waals surface area contributed by atoms with Crippen molar-refractivity contribution in [2.45, 2.75) is 62.9 Å². The molecule has 6 heteroatoms. The van der Waals surface area contributed by atoms with Crippen LogP contribution in [0.25, 0.3) is 0 Å². The first-order valence-electron chi connectivity index (χ1n) is 8.21. The molecule has 0 saturated heterocycles. The van der Waals surface area contributed by atoms with Gasteiger partial charge in [0.15, 0.2) is 0 Å². The van der Waals surface area contributed by atoms with Gasteiger partial charge in [0.25, 0.3) is 5.91 Å². The van der Waals surface area contributed by atoms with E-state index in [-0.39, 0.29) is 22.9 Å². The summed E-state index contributed by atoms with van der Waals surface area (Å²) < 4.78 is 26.1. The van der Waals surface area contributed by atoms with Gasteiger partial charge in [-0.15, -0.1) is 0 Å². The maximum Gasteiger partial charge on any atom is 0.251 e. The number of hydrogen-bond acceptors (Lipinski definition) is 3. The predicted octanol–water partition coefficient (Wildman–Crippen LogP) is 2.78. The molecule has 2 rings (SSSR count). The lowest BCUT2D eigenvalue weighted by molar-refractivity contribution is 0.0927. The summed E-state index contributed by atoms with van der Waals surface area (Å²) in [4.78, 5) is 12.5. The standard InChI is InChI=1S/C17H26N2O3S/c1-13(2)19(3)23(21,22)16-11-9-14(10-12-16)17(20)18-15-7-5-4-6-8-15/h9-13,15H,4-8H2,1-3H3,(H,18,20). The lowest BCUT2D eigenvalue weighted by atomic mass is 9.95. The van der Waals surface area contributed by atoms with Crippen molar-refractivity contribution in [2.24, 2.45) is 0 Å². The van der Waals surface area contributed by atoms with Gasteiger partial charge < -0.3 is 5.32 Å². The number of benzene rings is 1. The summed E-state index contributed by atoms with van der Waals surface area (Å²) in [5.41, 5.74) is 0.502. The lowest BCUT2D eigenvalue weighted by Crippen LogP contribution is -2.36. The van der Waals surface area contributed by atoms with Crippen LogP contribution in [0.1, 0.15) is 56.3 Å². The first-order chi connectivity index (χ1) is 10.8. The van der Waals surface area contributed by atoms with Crippen LogP contribution in [0.5, 0.6) is 0 Å². The minimum atomic E-state index is -3.51. The van der Waals surface area contributed by atoms with E-state index in [9.17, 15) is 13.2 Å². The quantitative estimate of drug-likeness (QED) is 0.898. The molecule has 1 aromatic rings. The van der Waals surface area contributed by atoms with Crippen molar-refractivity contribution in [3.8, 4) is 0 Å². The Labute approximate surface area is 139 Å². The summed E-state index contributed by atoms with van der Waals surface area (Å²) in [6, 6.07) is 6.30.